The summed E-state index contributed by atoms with van der Waals surface area (Å²) in [6, 6.07) is 1.78. The molecule has 6 heteroatoms. The van der Waals surface area contributed by atoms with Crippen molar-refractivity contribution in [2.45, 2.75) is 37.5 Å². The van der Waals surface area contributed by atoms with Crippen molar-refractivity contribution < 1.29 is 13.5 Å². The topological polar surface area (TPSA) is 72.2 Å². The molecule has 1 unspecified atom stereocenters. The number of aliphatic hydroxyl groups excluding tert-OH is 1. The zero-order valence-corrected chi connectivity index (χ0v) is 10.8. The van der Waals surface area contributed by atoms with Crippen molar-refractivity contribution in [2.24, 2.45) is 7.05 Å². The van der Waals surface area contributed by atoms with Crippen molar-refractivity contribution in [3.05, 3.63) is 17.5 Å². The minimum absolute atomic E-state index is 0.0685. The molecule has 1 aliphatic heterocycles. The lowest BCUT2D eigenvalue weighted by atomic mass is 10.1. The average molecular weight is 258 g/mol. The third-order valence-corrected chi connectivity index (χ3v) is 5.61. The molecule has 2 heterocycles. The van der Waals surface area contributed by atoms with Crippen LogP contribution in [0.1, 0.15) is 30.7 Å². The van der Waals surface area contributed by atoms with E-state index >= 15 is 0 Å². The van der Waals surface area contributed by atoms with Crippen LogP contribution in [0.5, 0.6) is 0 Å². The highest BCUT2D eigenvalue weighted by Gasteiger charge is 2.29. The van der Waals surface area contributed by atoms with E-state index in [1.807, 2.05) is 0 Å². The van der Waals surface area contributed by atoms with Crippen molar-refractivity contribution in [2.75, 3.05) is 5.75 Å². The Hall–Kier alpha value is -0.880. The van der Waals surface area contributed by atoms with E-state index in [2.05, 4.69) is 5.10 Å². The van der Waals surface area contributed by atoms with Crippen LogP contribution < -0.4 is 0 Å². The van der Waals surface area contributed by atoms with Crippen molar-refractivity contribution in [1.29, 1.82) is 0 Å². The van der Waals surface area contributed by atoms with Gasteiger partial charge in [0, 0.05) is 13.5 Å². The summed E-state index contributed by atoms with van der Waals surface area (Å²) in [5, 5.41) is 13.0. The molecular weight excluding hydrogens is 240 g/mol. The molecule has 1 aromatic rings. The van der Waals surface area contributed by atoms with Crippen molar-refractivity contribution in [3.63, 3.8) is 0 Å². The standard InChI is InChI=1S/C11H18N2O3S/c1-13-10(8-14)6-9(12-13)7-11-4-2-3-5-17(11,15)16/h6,11,14H,2-5,7-8H2,1H3. The van der Waals surface area contributed by atoms with E-state index in [9.17, 15) is 8.42 Å². The quantitative estimate of drug-likeness (QED) is 0.853. The second kappa shape index (κ2) is 4.78. The monoisotopic (exact) mass is 258 g/mol. The summed E-state index contributed by atoms with van der Waals surface area (Å²) in [4.78, 5) is 0. The molecule has 1 atom stereocenters. The summed E-state index contributed by atoms with van der Waals surface area (Å²) in [5.41, 5.74) is 1.47. The summed E-state index contributed by atoms with van der Waals surface area (Å²) >= 11 is 0. The van der Waals surface area contributed by atoms with Crippen LogP contribution >= 0.6 is 0 Å². The molecular formula is C11H18N2O3S. The van der Waals surface area contributed by atoms with Gasteiger partial charge in [0.1, 0.15) is 0 Å². The van der Waals surface area contributed by atoms with Crippen LogP contribution in [0.15, 0.2) is 6.07 Å². The van der Waals surface area contributed by atoms with Gasteiger partial charge >= 0.3 is 0 Å². The largest absolute Gasteiger partial charge is 0.390 e. The first-order valence-corrected chi connectivity index (χ1v) is 7.58. The van der Waals surface area contributed by atoms with Crippen LogP contribution in [0.2, 0.25) is 0 Å². The highest BCUT2D eigenvalue weighted by atomic mass is 32.2. The highest BCUT2D eigenvalue weighted by Crippen LogP contribution is 2.22. The van der Waals surface area contributed by atoms with Gasteiger partial charge in [0.05, 0.1) is 29.0 Å². The Labute approximate surface area is 101 Å². The lowest BCUT2D eigenvalue weighted by molar-refractivity contribution is 0.270. The van der Waals surface area contributed by atoms with Crippen molar-refractivity contribution >= 4 is 9.84 Å². The Balaban J connectivity index is 2.14. The summed E-state index contributed by atoms with van der Waals surface area (Å²) in [6.45, 7) is -0.0685. The van der Waals surface area contributed by atoms with Gasteiger partial charge in [-0.25, -0.2) is 8.42 Å². The molecule has 1 fully saturated rings. The Morgan fingerprint density at radius 2 is 2.29 bits per heavy atom. The Morgan fingerprint density at radius 3 is 2.88 bits per heavy atom. The van der Waals surface area contributed by atoms with E-state index < -0.39 is 9.84 Å². The molecule has 1 aliphatic rings. The highest BCUT2D eigenvalue weighted by molar-refractivity contribution is 7.92. The van der Waals surface area contributed by atoms with Crippen LogP contribution in [0.25, 0.3) is 0 Å². The Morgan fingerprint density at radius 1 is 1.53 bits per heavy atom. The lowest BCUT2D eigenvalue weighted by Gasteiger charge is -2.21. The molecule has 0 spiro atoms. The first kappa shape index (κ1) is 12.6. The van der Waals surface area contributed by atoms with Gasteiger partial charge in [0.15, 0.2) is 9.84 Å². The SMILES string of the molecule is Cn1nc(CC2CCCCS2(=O)=O)cc1CO. The second-order valence-electron chi connectivity index (χ2n) is 4.60. The predicted molar refractivity (Wildman–Crippen MR) is 64.3 cm³/mol. The molecule has 0 amide bonds. The minimum atomic E-state index is -2.94. The maximum Gasteiger partial charge on any atom is 0.153 e. The van der Waals surface area contributed by atoms with Crippen molar-refractivity contribution in [3.8, 4) is 0 Å². The van der Waals surface area contributed by atoms with Crippen LogP contribution in [0.4, 0.5) is 0 Å². The van der Waals surface area contributed by atoms with Crippen LogP contribution in [-0.2, 0) is 29.9 Å². The van der Waals surface area contributed by atoms with Gasteiger partial charge in [-0.3, -0.25) is 4.68 Å². The molecule has 0 radical (unpaired) electrons. The lowest BCUT2D eigenvalue weighted by Crippen LogP contribution is -2.30. The van der Waals surface area contributed by atoms with Gasteiger partial charge in [-0.05, 0) is 18.9 Å². The van der Waals surface area contributed by atoms with E-state index in [0.717, 1.165) is 25.0 Å². The van der Waals surface area contributed by atoms with E-state index in [1.165, 1.54) is 0 Å². The van der Waals surface area contributed by atoms with Gasteiger partial charge in [-0.2, -0.15) is 5.10 Å². The summed E-state index contributed by atoms with van der Waals surface area (Å²) in [7, 11) is -1.19. The normalized spacial score (nSPS) is 23.8. The van der Waals surface area contributed by atoms with E-state index in [-0.39, 0.29) is 11.9 Å². The maximum absolute atomic E-state index is 11.9. The van der Waals surface area contributed by atoms with Crippen molar-refractivity contribution in [1.82, 2.24) is 9.78 Å². The fourth-order valence-corrected chi connectivity index (χ4v) is 4.19. The molecule has 96 valence electrons. The number of hydrogen-bond donors (Lipinski definition) is 1. The fraction of sp³-hybridized carbons (Fsp3) is 0.727. The molecule has 0 saturated carbocycles. The molecule has 0 aromatic carbocycles. The molecule has 1 saturated heterocycles. The van der Waals surface area contributed by atoms with Crippen LogP contribution in [0.3, 0.4) is 0 Å². The first-order valence-electron chi connectivity index (χ1n) is 5.87. The summed E-state index contributed by atoms with van der Waals surface area (Å²) in [6.07, 6.45) is 2.95. The maximum atomic E-state index is 11.9. The molecule has 0 aliphatic carbocycles. The van der Waals surface area contributed by atoms with Gasteiger partial charge in [0.2, 0.25) is 0 Å². The molecule has 17 heavy (non-hydrogen) atoms. The van der Waals surface area contributed by atoms with E-state index in [4.69, 9.17) is 5.11 Å². The smallest absolute Gasteiger partial charge is 0.153 e. The zero-order chi connectivity index (χ0) is 12.5. The molecule has 5 nitrogen and oxygen atoms in total. The molecule has 1 aromatic heterocycles. The number of nitrogens with zero attached hydrogens (tertiary/aromatic N) is 2. The van der Waals surface area contributed by atoms with E-state index in [0.29, 0.717) is 17.9 Å². The van der Waals surface area contributed by atoms with Gasteiger partial charge in [-0.1, -0.05) is 6.42 Å². The van der Waals surface area contributed by atoms with Gasteiger partial charge in [0.25, 0.3) is 0 Å². The summed E-state index contributed by atoms with van der Waals surface area (Å²) in [5.74, 6) is 0.303. The molecule has 2 rings (SSSR count). The Bertz CT molecular complexity index is 493. The number of sulfone groups is 1. The predicted octanol–water partition coefficient (Wildman–Crippen LogP) is 0.422. The fourth-order valence-electron chi connectivity index (χ4n) is 2.30. The Kier molecular flexibility index (Phi) is 3.53. The van der Waals surface area contributed by atoms with Gasteiger partial charge in [-0.15, -0.1) is 0 Å². The number of aryl methyl sites for hydroxylation is 1. The molecule has 0 bridgehead atoms. The number of aliphatic hydroxyl groups is 1. The van der Waals surface area contributed by atoms with E-state index in [1.54, 1.807) is 17.8 Å². The average Bonchev–Trinajstić information content (AvgIpc) is 2.62. The van der Waals surface area contributed by atoms with Crippen LogP contribution in [-0.4, -0.2) is 34.3 Å². The zero-order valence-electron chi connectivity index (χ0n) is 9.96. The molecule has 1 N–H and O–H groups in total. The summed E-state index contributed by atoms with van der Waals surface area (Å²) < 4.78 is 25.3. The van der Waals surface area contributed by atoms with Gasteiger partial charge < -0.3 is 5.11 Å². The number of rotatable bonds is 3. The number of aromatic nitrogens is 2. The first-order chi connectivity index (χ1) is 8.03. The minimum Gasteiger partial charge on any atom is -0.390 e. The van der Waals surface area contributed by atoms with Crippen LogP contribution in [0, 0.1) is 0 Å². The second-order valence-corrected chi connectivity index (χ2v) is 7.00. The number of hydrogen-bond acceptors (Lipinski definition) is 4. The third kappa shape index (κ3) is 2.69. The third-order valence-electron chi connectivity index (χ3n) is 3.34.